The first-order valence-corrected chi connectivity index (χ1v) is 9.33. The van der Waals surface area contributed by atoms with Gasteiger partial charge in [-0.25, -0.2) is 0 Å². The molecule has 0 saturated heterocycles. The van der Waals surface area contributed by atoms with Gasteiger partial charge in [-0.05, 0) is 61.4 Å². The van der Waals surface area contributed by atoms with Gasteiger partial charge in [-0.1, -0.05) is 36.4 Å². The smallest absolute Gasteiger partial charge is 0.251 e. The summed E-state index contributed by atoms with van der Waals surface area (Å²) < 4.78 is 0. The predicted octanol–water partition coefficient (Wildman–Crippen LogP) is 3.24. The van der Waals surface area contributed by atoms with Crippen molar-refractivity contribution in [2.75, 3.05) is 0 Å². The molecule has 0 spiro atoms. The van der Waals surface area contributed by atoms with Crippen LogP contribution in [0.5, 0.6) is 0 Å². The molecule has 0 aromatic heterocycles. The Morgan fingerprint density at radius 2 is 1.73 bits per heavy atom. The van der Waals surface area contributed by atoms with Gasteiger partial charge in [0.25, 0.3) is 5.91 Å². The Hall–Kier alpha value is -2.62. The average molecular weight is 348 g/mol. The predicted molar refractivity (Wildman–Crippen MR) is 101 cm³/mol. The normalized spacial score (nSPS) is 17.4. The SMILES string of the molecule is Cc1ccccc1C1(C(=O)NCc2ccc(C(=O)NC3CC3)cc2)CC1. The second-order valence-electron chi connectivity index (χ2n) is 7.52. The van der Waals surface area contributed by atoms with Gasteiger partial charge in [-0.2, -0.15) is 0 Å². The highest BCUT2D eigenvalue weighted by molar-refractivity contribution is 5.94. The van der Waals surface area contributed by atoms with Crippen LogP contribution in [0.3, 0.4) is 0 Å². The number of carbonyl (C=O) groups excluding carboxylic acids is 2. The molecule has 0 atom stereocenters. The highest BCUT2D eigenvalue weighted by Gasteiger charge is 2.51. The molecular weight excluding hydrogens is 324 g/mol. The zero-order valence-electron chi connectivity index (χ0n) is 15.0. The maximum atomic E-state index is 12.8. The molecule has 2 aromatic rings. The third-order valence-corrected chi connectivity index (χ3v) is 5.43. The summed E-state index contributed by atoms with van der Waals surface area (Å²) >= 11 is 0. The summed E-state index contributed by atoms with van der Waals surface area (Å²) in [4.78, 5) is 24.8. The van der Waals surface area contributed by atoms with Crippen molar-refractivity contribution in [1.29, 1.82) is 0 Å². The third kappa shape index (κ3) is 3.36. The van der Waals surface area contributed by atoms with Gasteiger partial charge < -0.3 is 10.6 Å². The lowest BCUT2D eigenvalue weighted by molar-refractivity contribution is -0.123. The van der Waals surface area contributed by atoms with Gasteiger partial charge in [0.1, 0.15) is 0 Å². The largest absolute Gasteiger partial charge is 0.351 e. The second kappa shape index (κ2) is 6.60. The molecule has 2 N–H and O–H groups in total. The van der Waals surface area contributed by atoms with Gasteiger partial charge in [0, 0.05) is 18.2 Å². The van der Waals surface area contributed by atoms with E-state index in [1.807, 2.05) is 36.4 Å². The lowest BCUT2D eigenvalue weighted by atomic mass is 9.91. The third-order valence-electron chi connectivity index (χ3n) is 5.43. The van der Waals surface area contributed by atoms with Gasteiger partial charge in [-0.3, -0.25) is 9.59 Å². The van der Waals surface area contributed by atoms with E-state index in [2.05, 4.69) is 29.7 Å². The van der Waals surface area contributed by atoms with E-state index in [4.69, 9.17) is 0 Å². The highest BCUT2D eigenvalue weighted by Crippen LogP contribution is 2.49. The fourth-order valence-electron chi connectivity index (χ4n) is 3.48. The molecule has 134 valence electrons. The van der Waals surface area contributed by atoms with Crippen LogP contribution >= 0.6 is 0 Å². The molecule has 2 aliphatic rings. The molecule has 2 aromatic carbocycles. The van der Waals surface area contributed by atoms with E-state index in [9.17, 15) is 9.59 Å². The molecule has 0 radical (unpaired) electrons. The van der Waals surface area contributed by atoms with E-state index in [0.717, 1.165) is 36.8 Å². The lowest BCUT2D eigenvalue weighted by Gasteiger charge is -2.18. The van der Waals surface area contributed by atoms with Crippen LogP contribution in [0.1, 0.15) is 52.7 Å². The summed E-state index contributed by atoms with van der Waals surface area (Å²) in [5.74, 6) is 0.0851. The van der Waals surface area contributed by atoms with Gasteiger partial charge in [0.15, 0.2) is 0 Å². The first-order chi connectivity index (χ1) is 12.6. The fourth-order valence-corrected chi connectivity index (χ4v) is 3.48. The minimum Gasteiger partial charge on any atom is -0.351 e. The molecule has 2 saturated carbocycles. The minimum atomic E-state index is -0.352. The molecule has 4 rings (SSSR count). The monoisotopic (exact) mass is 348 g/mol. The van der Waals surface area contributed by atoms with Crippen LogP contribution < -0.4 is 10.6 Å². The van der Waals surface area contributed by atoms with Crippen LogP contribution in [-0.4, -0.2) is 17.9 Å². The average Bonchev–Trinajstić information content (AvgIpc) is 3.56. The maximum absolute atomic E-state index is 12.8. The number of aryl methyl sites for hydroxylation is 1. The van der Waals surface area contributed by atoms with Crippen LogP contribution in [0.4, 0.5) is 0 Å². The number of rotatable bonds is 6. The van der Waals surface area contributed by atoms with E-state index in [1.54, 1.807) is 0 Å². The Morgan fingerprint density at radius 1 is 1.04 bits per heavy atom. The van der Waals surface area contributed by atoms with Crippen molar-refractivity contribution < 1.29 is 9.59 Å². The number of hydrogen-bond acceptors (Lipinski definition) is 2. The van der Waals surface area contributed by atoms with Crippen molar-refractivity contribution in [2.45, 2.75) is 50.6 Å². The van der Waals surface area contributed by atoms with Crippen LogP contribution in [0, 0.1) is 6.92 Å². The zero-order chi connectivity index (χ0) is 18.1. The molecular formula is C22H24N2O2. The van der Waals surface area contributed by atoms with Gasteiger partial charge in [0.2, 0.25) is 5.91 Å². The first kappa shape index (κ1) is 16.8. The van der Waals surface area contributed by atoms with Crippen molar-refractivity contribution in [3.8, 4) is 0 Å². The van der Waals surface area contributed by atoms with Crippen molar-refractivity contribution in [3.05, 3.63) is 70.8 Å². The maximum Gasteiger partial charge on any atom is 0.251 e. The highest BCUT2D eigenvalue weighted by atomic mass is 16.2. The van der Waals surface area contributed by atoms with Crippen LogP contribution in [0.15, 0.2) is 48.5 Å². The molecule has 2 fully saturated rings. The Labute approximate surface area is 154 Å². The molecule has 0 bridgehead atoms. The summed E-state index contributed by atoms with van der Waals surface area (Å²) in [6.07, 6.45) is 3.98. The Bertz CT molecular complexity index is 833. The standard InChI is InChI=1S/C22H24N2O2/c1-15-4-2-3-5-19(15)22(12-13-22)21(26)23-14-16-6-8-17(9-7-16)20(25)24-18-10-11-18/h2-9,18H,10-14H2,1H3,(H,23,26)(H,24,25). The number of benzene rings is 2. The van der Waals surface area contributed by atoms with Gasteiger partial charge >= 0.3 is 0 Å². The van der Waals surface area contributed by atoms with Gasteiger partial charge in [0.05, 0.1) is 5.41 Å². The lowest BCUT2D eigenvalue weighted by Crippen LogP contribution is -2.34. The topological polar surface area (TPSA) is 58.2 Å². The molecule has 0 aliphatic heterocycles. The van der Waals surface area contributed by atoms with Gasteiger partial charge in [-0.15, -0.1) is 0 Å². The van der Waals surface area contributed by atoms with Crippen molar-refractivity contribution >= 4 is 11.8 Å². The Morgan fingerprint density at radius 3 is 2.35 bits per heavy atom. The first-order valence-electron chi connectivity index (χ1n) is 9.33. The van der Waals surface area contributed by atoms with Crippen LogP contribution in [0.2, 0.25) is 0 Å². The molecule has 4 nitrogen and oxygen atoms in total. The summed E-state index contributed by atoms with van der Waals surface area (Å²) in [5.41, 5.74) is 3.64. The summed E-state index contributed by atoms with van der Waals surface area (Å²) in [7, 11) is 0. The Balaban J connectivity index is 1.37. The molecule has 2 amide bonds. The summed E-state index contributed by atoms with van der Waals surface area (Å²) in [5, 5.41) is 6.06. The van der Waals surface area contributed by atoms with Crippen molar-refractivity contribution in [3.63, 3.8) is 0 Å². The van der Waals surface area contributed by atoms with Crippen LogP contribution in [0.25, 0.3) is 0 Å². The van der Waals surface area contributed by atoms with E-state index in [-0.39, 0.29) is 17.2 Å². The zero-order valence-corrected chi connectivity index (χ0v) is 15.0. The van der Waals surface area contributed by atoms with E-state index in [1.165, 1.54) is 5.56 Å². The molecule has 26 heavy (non-hydrogen) atoms. The van der Waals surface area contributed by atoms with E-state index < -0.39 is 0 Å². The molecule has 4 heteroatoms. The van der Waals surface area contributed by atoms with Crippen molar-refractivity contribution in [1.82, 2.24) is 10.6 Å². The number of amides is 2. The Kier molecular flexibility index (Phi) is 4.27. The second-order valence-corrected chi connectivity index (χ2v) is 7.52. The molecule has 2 aliphatic carbocycles. The van der Waals surface area contributed by atoms with Crippen molar-refractivity contribution in [2.24, 2.45) is 0 Å². The summed E-state index contributed by atoms with van der Waals surface area (Å²) in [6.45, 7) is 2.55. The summed E-state index contributed by atoms with van der Waals surface area (Å²) in [6, 6.07) is 16.0. The van der Waals surface area contributed by atoms with Crippen LogP contribution in [-0.2, 0) is 16.8 Å². The quantitative estimate of drug-likeness (QED) is 0.842. The number of hydrogen-bond donors (Lipinski definition) is 2. The fraction of sp³-hybridized carbons (Fsp3) is 0.364. The molecule has 0 unspecified atom stereocenters. The number of carbonyl (C=O) groups is 2. The number of nitrogens with one attached hydrogen (secondary N) is 2. The molecule has 0 heterocycles. The van der Waals surface area contributed by atoms with E-state index >= 15 is 0 Å². The minimum absolute atomic E-state index is 0.0143. The van der Waals surface area contributed by atoms with E-state index in [0.29, 0.717) is 18.2 Å².